The van der Waals surface area contributed by atoms with Gasteiger partial charge >= 0.3 is 0 Å². The fourth-order valence-corrected chi connectivity index (χ4v) is 4.08. The maximum atomic E-state index is 10.8. The van der Waals surface area contributed by atoms with Gasteiger partial charge in [-0.05, 0) is 53.7 Å². The summed E-state index contributed by atoms with van der Waals surface area (Å²) in [5.74, 6) is 0.930. The lowest BCUT2D eigenvalue weighted by atomic mass is 9.81. The van der Waals surface area contributed by atoms with Gasteiger partial charge < -0.3 is 5.11 Å². The summed E-state index contributed by atoms with van der Waals surface area (Å²) < 4.78 is 0. The highest BCUT2D eigenvalue weighted by atomic mass is 16.3. The summed E-state index contributed by atoms with van der Waals surface area (Å²) in [6.07, 6.45) is 7.24. The van der Waals surface area contributed by atoms with Crippen molar-refractivity contribution in [2.24, 2.45) is 5.92 Å². The predicted octanol–water partition coefficient (Wildman–Crippen LogP) is 4.57. The zero-order valence-corrected chi connectivity index (χ0v) is 13.2. The van der Waals surface area contributed by atoms with E-state index >= 15 is 0 Å². The van der Waals surface area contributed by atoms with Crippen molar-refractivity contribution in [2.75, 3.05) is 0 Å². The summed E-state index contributed by atoms with van der Waals surface area (Å²) in [4.78, 5) is 0. The van der Waals surface area contributed by atoms with Gasteiger partial charge in [-0.15, -0.1) is 0 Å². The largest absolute Gasteiger partial charge is 0.392 e. The van der Waals surface area contributed by atoms with Crippen LogP contribution in [0.25, 0.3) is 0 Å². The second kappa shape index (κ2) is 5.18. The van der Waals surface area contributed by atoms with Crippen molar-refractivity contribution in [1.29, 1.82) is 0 Å². The first-order valence-corrected chi connectivity index (χ1v) is 8.28. The van der Waals surface area contributed by atoms with E-state index in [0.717, 1.165) is 12.8 Å². The molecular weight excluding hydrogens is 244 g/mol. The van der Waals surface area contributed by atoms with Crippen LogP contribution in [0.15, 0.2) is 18.2 Å². The van der Waals surface area contributed by atoms with Crippen molar-refractivity contribution in [2.45, 2.75) is 76.7 Å². The highest BCUT2D eigenvalue weighted by Gasteiger charge is 2.35. The number of aliphatic hydroxyl groups excluding tert-OH is 1. The van der Waals surface area contributed by atoms with E-state index in [1.807, 2.05) is 0 Å². The third kappa shape index (κ3) is 2.53. The summed E-state index contributed by atoms with van der Waals surface area (Å²) in [6.45, 7) is 6.81. The first kappa shape index (κ1) is 14.1. The van der Waals surface area contributed by atoms with Gasteiger partial charge in [-0.25, -0.2) is 0 Å². The van der Waals surface area contributed by atoms with E-state index < -0.39 is 0 Å². The lowest BCUT2D eigenvalue weighted by Gasteiger charge is -2.26. The van der Waals surface area contributed by atoms with Gasteiger partial charge in [-0.2, -0.15) is 0 Å². The van der Waals surface area contributed by atoms with Crippen LogP contribution in [0.1, 0.15) is 75.5 Å². The van der Waals surface area contributed by atoms with Crippen LogP contribution in [0.5, 0.6) is 0 Å². The van der Waals surface area contributed by atoms with Gasteiger partial charge in [0.2, 0.25) is 0 Å². The van der Waals surface area contributed by atoms with E-state index in [0.29, 0.717) is 11.8 Å². The molecule has 0 radical (unpaired) electrons. The molecule has 0 saturated heterocycles. The van der Waals surface area contributed by atoms with Gasteiger partial charge in [0.25, 0.3) is 0 Å². The lowest BCUT2D eigenvalue weighted by Crippen LogP contribution is -2.25. The highest BCUT2D eigenvalue weighted by molar-refractivity contribution is 5.41. The van der Waals surface area contributed by atoms with Crippen LogP contribution in [0.4, 0.5) is 0 Å². The normalized spacial score (nSPS) is 24.9. The Morgan fingerprint density at radius 1 is 1.10 bits per heavy atom. The van der Waals surface area contributed by atoms with Crippen LogP contribution in [0.3, 0.4) is 0 Å². The Balaban J connectivity index is 1.88. The first-order chi connectivity index (χ1) is 9.47. The van der Waals surface area contributed by atoms with Crippen molar-refractivity contribution in [3.8, 4) is 0 Å². The van der Waals surface area contributed by atoms with E-state index in [-0.39, 0.29) is 11.5 Å². The average Bonchev–Trinajstić information content (AvgIpc) is 3.06. The number of hydrogen-bond acceptors (Lipinski definition) is 1. The minimum absolute atomic E-state index is 0.117. The Hall–Kier alpha value is -0.820. The maximum absolute atomic E-state index is 10.8. The topological polar surface area (TPSA) is 20.2 Å². The smallest absolute Gasteiger partial charge is 0.0637 e. The minimum atomic E-state index is -0.117. The molecule has 0 bridgehead atoms. The van der Waals surface area contributed by atoms with Crippen molar-refractivity contribution in [3.63, 3.8) is 0 Å². The molecule has 1 aromatic carbocycles. The molecule has 1 aromatic rings. The molecule has 1 saturated carbocycles. The molecule has 110 valence electrons. The molecule has 2 aliphatic rings. The van der Waals surface area contributed by atoms with Crippen LogP contribution < -0.4 is 0 Å². The summed E-state index contributed by atoms with van der Waals surface area (Å²) in [7, 11) is 0. The number of aryl methyl sites for hydroxylation is 1. The molecule has 1 N–H and O–H groups in total. The average molecular weight is 272 g/mol. The monoisotopic (exact) mass is 272 g/mol. The van der Waals surface area contributed by atoms with E-state index in [9.17, 15) is 5.11 Å². The molecule has 1 fully saturated rings. The Labute approximate surface area is 123 Å². The van der Waals surface area contributed by atoms with Gasteiger partial charge in [0, 0.05) is 5.92 Å². The summed E-state index contributed by atoms with van der Waals surface area (Å²) in [5.41, 5.74) is 4.51. The molecule has 2 aliphatic carbocycles. The predicted molar refractivity (Wildman–Crippen MR) is 84.2 cm³/mol. The van der Waals surface area contributed by atoms with Gasteiger partial charge in [0.15, 0.2) is 0 Å². The van der Waals surface area contributed by atoms with Crippen LogP contribution >= 0.6 is 0 Å². The van der Waals surface area contributed by atoms with Crippen LogP contribution in [0, 0.1) is 5.92 Å². The molecule has 0 spiro atoms. The molecule has 0 aromatic heterocycles. The summed E-state index contributed by atoms with van der Waals surface area (Å²) in [6, 6.07) is 6.96. The number of fused-ring (bicyclic) bond motifs is 1. The fraction of sp³-hybridized carbons (Fsp3) is 0.684. The van der Waals surface area contributed by atoms with Crippen molar-refractivity contribution in [1.82, 2.24) is 0 Å². The quantitative estimate of drug-likeness (QED) is 0.836. The fourth-order valence-electron chi connectivity index (χ4n) is 4.08. The SMILES string of the molecule is CC(C)(C)c1ccc2c(c1)C([C@@H](O)C1CCCC1)CC2. The highest BCUT2D eigenvalue weighted by Crippen LogP contribution is 2.42. The minimum Gasteiger partial charge on any atom is -0.392 e. The maximum Gasteiger partial charge on any atom is 0.0637 e. The Morgan fingerprint density at radius 3 is 2.45 bits per heavy atom. The molecule has 0 heterocycles. The number of aliphatic hydroxyl groups is 1. The van der Waals surface area contributed by atoms with E-state index in [1.54, 1.807) is 0 Å². The molecule has 0 amide bonds. The van der Waals surface area contributed by atoms with Crippen molar-refractivity contribution < 1.29 is 5.11 Å². The second-order valence-electron chi connectivity index (χ2n) is 7.84. The van der Waals surface area contributed by atoms with Crippen LogP contribution in [-0.4, -0.2) is 11.2 Å². The number of rotatable bonds is 2. The zero-order chi connectivity index (χ0) is 14.3. The molecule has 1 nitrogen and oxygen atoms in total. The van der Waals surface area contributed by atoms with E-state index in [1.165, 1.54) is 42.4 Å². The lowest BCUT2D eigenvalue weighted by molar-refractivity contribution is 0.0829. The molecular formula is C19H28O. The third-order valence-electron chi connectivity index (χ3n) is 5.43. The van der Waals surface area contributed by atoms with E-state index in [4.69, 9.17) is 0 Å². The summed E-state index contributed by atoms with van der Waals surface area (Å²) in [5, 5.41) is 10.8. The van der Waals surface area contributed by atoms with Gasteiger partial charge in [-0.3, -0.25) is 0 Å². The standard InChI is InChI=1S/C19H28O/c1-19(2,3)15-10-8-13-9-11-16(17(13)12-15)18(20)14-6-4-5-7-14/h8,10,12,14,16,18,20H,4-7,9,11H2,1-3H3/t16?,18-/m0/s1. The van der Waals surface area contributed by atoms with Crippen molar-refractivity contribution in [3.05, 3.63) is 34.9 Å². The molecule has 1 unspecified atom stereocenters. The zero-order valence-electron chi connectivity index (χ0n) is 13.2. The molecule has 2 atom stereocenters. The number of hydrogen-bond donors (Lipinski definition) is 1. The Kier molecular flexibility index (Phi) is 3.66. The van der Waals surface area contributed by atoms with Crippen LogP contribution in [-0.2, 0) is 11.8 Å². The second-order valence-corrected chi connectivity index (χ2v) is 7.84. The Bertz CT molecular complexity index is 477. The Morgan fingerprint density at radius 2 is 1.80 bits per heavy atom. The molecule has 0 aliphatic heterocycles. The number of benzene rings is 1. The molecule has 20 heavy (non-hydrogen) atoms. The van der Waals surface area contributed by atoms with Crippen molar-refractivity contribution >= 4 is 0 Å². The first-order valence-electron chi connectivity index (χ1n) is 8.28. The summed E-state index contributed by atoms with van der Waals surface area (Å²) >= 11 is 0. The molecule has 3 rings (SSSR count). The van der Waals surface area contributed by atoms with Crippen LogP contribution in [0.2, 0.25) is 0 Å². The van der Waals surface area contributed by atoms with E-state index in [2.05, 4.69) is 39.0 Å². The third-order valence-corrected chi connectivity index (χ3v) is 5.43. The van der Waals surface area contributed by atoms with Gasteiger partial charge in [0.1, 0.15) is 0 Å². The van der Waals surface area contributed by atoms with Gasteiger partial charge in [0.05, 0.1) is 6.10 Å². The molecule has 1 heteroatoms. The van der Waals surface area contributed by atoms with Gasteiger partial charge in [-0.1, -0.05) is 51.8 Å².